The second kappa shape index (κ2) is 6.95. The molecule has 0 amide bonds. The minimum atomic E-state index is 0.576. The van der Waals surface area contributed by atoms with E-state index in [0.717, 1.165) is 43.5 Å². The molecule has 0 unspecified atom stereocenters. The van der Waals surface area contributed by atoms with Crippen LogP contribution in [-0.4, -0.2) is 63.0 Å². The number of aromatic nitrogens is 6. The molecule has 3 aromatic rings. The van der Waals surface area contributed by atoms with Gasteiger partial charge in [0, 0.05) is 50.7 Å². The fourth-order valence-corrected chi connectivity index (χ4v) is 2.91. The van der Waals surface area contributed by atoms with Crippen LogP contribution in [0.5, 0.6) is 5.88 Å². The smallest absolute Gasteiger partial charge is 0.228 e. The van der Waals surface area contributed by atoms with E-state index in [1.54, 1.807) is 30.4 Å². The summed E-state index contributed by atoms with van der Waals surface area (Å²) in [6.45, 7) is 5.24. The van der Waals surface area contributed by atoms with Crippen molar-refractivity contribution in [3.8, 4) is 11.7 Å². The molecule has 0 saturated carbocycles. The Morgan fingerprint density at radius 3 is 2.46 bits per heavy atom. The summed E-state index contributed by atoms with van der Waals surface area (Å²) in [5.74, 6) is 2.93. The summed E-state index contributed by atoms with van der Waals surface area (Å²) in [5, 5.41) is 4.41. The molecule has 0 N–H and O–H groups in total. The molecule has 1 fully saturated rings. The van der Waals surface area contributed by atoms with Crippen LogP contribution in [0.15, 0.2) is 36.9 Å². The quantitative estimate of drug-likeness (QED) is 0.690. The predicted octanol–water partition coefficient (Wildman–Crippen LogP) is 1.10. The maximum Gasteiger partial charge on any atom is 0.228 e. The van der Waals surface area contributed by atoms with Crippen molar-refractivity contribution in [1.29, 1.82) is 0 Å². The van der Waals surface area contributed by atoms with Gasteiger partial charge < -0.3 is 14.5 Å². The van der Waals surface area contributed by atoms with Gasteiger partial charge in [-0.25, -0.2) is 19.6 Å². The van der Waals surface area contributed by atoms with Gasteiger partial charge in [0.15, 0.2) is 5.82 Å². The van der Waals surface area contributed by atoms with Crippen LogP contribution in [0.2, 0.25) is 0 Å². The summed E-state index contributed by atoms with van der Waals surface area (Å²) < 4.78 is 6.94. The molecular formula is C17H20N8O. The fraction of sp³-hybridized carbons (Fsp3) is 0.353. The highest BCUT2D eigenvalue weighted by molar-refractivity contribution is 5.46. The van der Waals surface area contributed by atoms with Gasteiger partial charge in [-0.3, -0.25) is 0 Å². The van der Waals surface area contributed by atoms with E-state index in [1.807, 2.05) is 25.3 Å². The van der Waals surface area contributed by atoms with Crippen molar-refractivity contribution in [1.82, 2.24) is 29.7 Å². The molecule has 9 heteroatoms. The van der Waals surface area contributed by atoms with E-state index in [1.165, 1.54) is 0 Å². The lowest BCUT2D eigenvalue weighted by atomic mass is 10.3. The number of hydrogen-bond acceptors (Lipinski definition) is 8. The standard InChI is InChI=1S/C17H20N8O/c1-13-4-6-25(22-13)15-11-14(19-12-20-15)23-7-9-24(10-8-23)17-18-5-3-16(21-17)26-2/h3-6,11-12H,7-10H2,1-2H3. The number of hydrogen-bond donors (Lipinski definition) is 0. The van der Waals surface area contributed by atoms with Crippen LogP contribution in [0, 0.1) is 6.92 Å². The largest absolute Gasteiger partial charge is 0.481 e. The third-order valence-electron chi connectivity index (χ3n) is 4.31. The van der Waals surface area contributed by atoms with Gasteiger partial charge in [0.25, 0.3) is 0 Å². The molecule has 9 nitrogen and oxygen atoms in total. The van der Waals surface area contributed by atoms with E-state index < -0.39 is 0 Å². The number of methoxy groups -OCH3 is 1. The Bertz CT molecular complexity index is 888. The molecule has 26 heavy (non-hydrogen) atoms. The van der Waals surface area contributed by atoms with E-state index in [0.29, 0.717) is 11.8 Å². The molecule has 4 heterocycles. The zero-order valence-electron chi connectivity index (χ0n) is 14.8. The first-order chi connectivity index (χ1) is 12.7. The van der Waals surface area contributed by atoms with Crippen molar-refractivity contribution in [2.75, 3.05) is 43.1 Å². The van der Waals surface area contributed by atoms with Crippen LogP contribution in [-0.2, 0) is 0 Å². The van der Waals surface area contributed by atoms with E-state index in [4.69, 9.17) is 4.74 Å². The predicted molar refractivity (Wildman–Crippen MR) is 96.9 cm³/mol. The summed E-state index contributed by atoms with van der Waals surface area (Å²) in [6, 6.07) is 5.66. The maximum atomic E-state index is 5.18. The van der Waals surface area contributed by atoms with Gasteiger partial charge in [-0.2, -0.15) is 10.1 Å². The van der Waals surface area contributed by atoms with E-state index in [9.17, 15) is 0 Å². The van der Waals surface area contributed by atoms with Crippen LogP contribution in [0.4, 0.5) is 11.8 Å². The molecular weight excluding hydrogens is 332 g/mol. The Labute approximate surface area is 151 Å². The number of nitrogens with zero attached hydrogens (tertiary/aromatic N) is 8. The number of anilines is 2. The van der Waals surface area contributed by atoms with Crippen LogP contribution in [0.25, 0.3) is 5.82 Å². The molecule has 0 bridgehead atoms. The van der Waals surface area contributed by atoms with Crippen LogP contribution in [0.3, 0.4) is 0 Å². The zero-order valence-corrected chi connectivity index (χ0v) is 14.8. The lowest BCUT2D eigenvalue weighted by Crippen LogP contribution is -2.47. The first-order valence-electron chi connectivity index (χ1n) is 8.44. The van der Waals surface area contributed by atoms with Gasteiger partial charge >= 0.3 is 0 Å². The average Bonchev–Trinajstić information content (AvgIpc) is 3.15. The Kier molecular flexibility index (Phi) is 4.34. The summed E-state index contributed by atoms with van der Waals surface area (Å²) in [7, 11) is 1.61. The monoisotopic (exact) mass is 352 g/mol. The highest BCUT2D eigenvalue weighted by Crippen LogP contribution is 2.19. The van der Waals surface area contributed by atoms with Crippen molar-refractivity contribution in [3.63, 3.8) is 0 Å². The van der Waals surface area contributed by atoms with Crippen molar-refractivity contribution in [2.24, 2.45) is 0 Å². The molecule has 1 aliphatic rings. The second-order valence-electron chi connectivity index (χ2n) is 6.01. The Balaban J connectivity index is 1.46. The highest BCUT2D eigenvalue weighted by atomic mass is 16.5. The van der Waals surface area contributed by atoms with Gasteiger partial charge in [0.1, 0.15) is 12.1 Å². The summed E-state index contributed by atoms with van der Waals surface area (Å²) in [5.41, 5.74) is 0.956. The van der Waals surface area contributed by atoms with Crippen molar-refractivity contribution in [2.45, 2.75) is 6.92 Å². The minimum Gasteiger partial charge on any atom is -0.481 e. The molecule has 0 aromatic carbocycles. The van der Waals surface area contributed by atoms with Gasteiger partial charge in [-0.15, -0.1) is 0 Å². The molecule has 4 rings (SSSR count). The van der Waals surface area contributed by atoms with E-state index in [2.05, 4.69) is 34.8 Å². The third kappa shape index (κ3) is 3.28. The van der Waals surface area contributed by atoms with E-state index in [-0.39, 0.29) is 0 Å². The van der Waals surface area contributed by atoms with E-state index >= 15 is 0 Å². The lowest BCUT2D eigenvalue weighted by molar-refractivity contribution is 0.396. The topological polar surface area (TPSA) is 85.1 Å². The lowest BCUT2D eigenvalue weighted by Gasteiger charge is -2.35. The van der Waals surface area contributed by atoms with Crippen LogP contribution < -0.4 is 14.5 Å². The molecule has 0 atom stereocenters. The Hall–Kier alpha value is -3.23. The summed E-state index contributed by atoms with van der Waals surface area (Å²) in [6.07, 6.45) is 5.20. The third-order valence-corrected chi connectivity index (χ3v) is 4.31. The highest BCUT2D eigenvalue weighted by Gasteiger charge is 2.21. The number of ether oxygens (including phenoxy) is 1. The van der Waals surface area contributed by atoms with Crippen LogP contribution >= 0.6 is 0 Å². The molecule has 0 radical (unpaired) electrons. The molecule has 0 spiro atoms. The molecule has 1 saturated heterocycles. The van der Waals surface area contributed by atoms with Gasteiger partial charge in [-0.1, -0.05) is 0 Å². The van der Waals surface area contributed by atoms with Crippen molar-refractivity contribution < 1.29 is 4.74 Å². The summed E-state index contributed by atoms with van der Waals surface area (Å²) >= 11 is 0. The van der Waals surface area contributed by atoms with Gasteiger partial charge in [-0.05, 0) is 13.0 Å². The Morgan fingerprint density at radius 1 is 0.962 bits per heavy atom. The number of rotatable bonds is 4. The fourth-order valence-electron chi connectivity index (χ4n) is 2.91. The molecule has 0 aliphatic carbocycles. The van der Waals surface area contributed by atoms with Crippen LogP contribution in [0.1, 0.15) is 5.69 Å². The normalized spacial score (nSPS) is 14.5. The molecule has 1 aliphatic heterocycles. The number of piperazine rings is 1. The maximum absolute atomic E-state index is 5.18. The SMILES string of the molecule is COc1ccnc(N2CCN(c3cc(-n4ccc(C)n4)ncn3)CC2)n1. The Morgan fingerprint density at radius 2 is 1.73 bits per heavy atom. The minimum absolute atomic E-state index is 0.576. The average molecular weight is 352 g/mol. The van der Waals surface area contributed by atoms with Crippen molar-refractivity contribution >= 4 is 11.8 Å². The summed E-state index contributed by atoms with van der Waals surface area (Å²) in [4.78, 5) is 21.9. The van der Waals surface area contributed by atoms with Crippen molar-refractivity contribution in [3.05, 3.63) is 42.6 Å². The first kappa shape index (κ1) is 16.2. The van der Waals surface area contributed by atoms with Gasteiger partial charge in [0.2, 0.25) is 11.8 Å². The molecule has 134 valence electrons. The number of aryl methyl sites for hydroxylation is 1. The second-order valence-corrected chi connectivity index (χ2v) is 6.01. The zero-order chi connectivity index (χ0) is 17.9. The first-order valence-corrected chi connectivity index (χ1v) is 8.44. The van der Waals surface area contributed by atoms with Gasteiger partial charge in [0.05, 0.1) is 12.8 Å². The molecule has 3 aromatic heterocycles.